The number of nitrogens with one attached hydrogen (secondary N) is 2. The summed E-state index contributed by atoms with van der Waals surface area (Å²) in [4.78, 5) is 50.5. The van der Waals surface area contributed by atoms with Crippen molar-refractivity contribution in [3.05, 3.63) is 106 Å². The van der Waals surface area contributed by atoms with Gasteiger partial charge >= 0.3 is 5.97 Å². The van der Waals surface area contributed by atoms with Gasteiger partial charge in [0.1, 0.15) is 6.04 Å². The van der Waals surface area contributed by atoms with Crippen LogP contribution in [0.1, 0.15) is 48.7 Å². The van der Waals surface area contributed by atoms with Gasteiger partial charge in [-0.15, -0.1) is 0 Å². The maximum Gasteiger partial charge on any atom is 0.305 e. The lowest BCUT2D eigenvalue weighted by atomic mass is 9.86. The van der Waals surface area contributed by atoms with E-state index >= 15 is 0 Å². The highest BCUT2D eigenvalue weighted by atomic mass is 35.5. The molecule has 0 unspecified atom stereocenters. The quantitative estimate of drug-likeness (QED) is 0.143. The molecule has 0 aliphatic heterocycles. The summed E-state index contributed by atoms with van der Waals surface area (Å²) in [5.41, 5.74) is 4.06. The fraction of sp³-hybridized carbons (Fsp3) is 0.229. The number of benzene rings is 3. The minimum atomic E-state index is -1.04. The first-order valence-electron chi connectivity index (χ1n) is 15.0. The van der Waals surface area contributed by atoms with Gasteiger partial charge in [-0.05, 0) is 46.9 Å². The third-order valence-electron chi connectivity index (χ3n) is 7.43. The number of nitrogens with zero attached hydrogens (tertiary/aromatic N) is 4. The smallest absolute Gasteiger partial charge is 0.305 e. The predicted octanol–water partition coefficient (Wildman–Crippen LogP) is 6.40. The van der Waals surface area contributed by atoms with Gasteiger partial charge in [0.15, 0.2) is 5.82 Å². The average molecular weight is 688 g/mol. The Kier molecular flexibility index (Phi) is 10.5. The van der Waals surface area contributed by atoms with Crippen LogP contribution >= 0.6 is 23.2 Å². The molecule has 0 radical (unpaired) electrons. The number of carbonyl (C=O) groups is 3. The molecule has 0 aliphatic rings. The fourth-order valence-electron chi connectivity index (χ4n) is 4.69. The van der Waals surface area contributed by atoms with E-state index in [9.17, 15) is 14.4 Å². The van der Waals surface area contributed by atoms with Crippen LogP contribution in [0.2, 0.25) is 10.0 Å². The van der Waals surface area contributed by atoms with Gasteiger partial charge in [0.25, 0.3) is 11.8 Å². The molecule has 0 aliphatic carbocycles. The highest BCUT2D eigenvalue weighted by molar-refractivity contribution is 6.42. The Balaban J connectivity index is 1.27. The van der Waals surface area contributed by atoms with Crippen molar-refractivity contribution in [1.29, 1.82) is 0 Å². The molecule has 48 heavy (non-hydrogen) atoms. The number of hydrogen-bond acceptors (Lipinski definition) is 8. The average Bonchev–Trinajstić information content (AvgIpc) is 3.56. The minimum absolute atomic E-state index is 0.0620. The van der Waals surface area contributed by atoms with Crippen LogP contribution in [-0.4, -0.2) is 55.6 Å². The number of aromatic nitrogens is 4. The third-order valence-corrected chi connectivity index (χ3v) is 8.17. The van der Waals surface area contributed by atoms with E-state index in [0.717, 1.165) is 16.7 Å². The fourth-order valence-corrected chi connectivity index (χ4v) is 4.99. The Morgan fingerprint density at radius 1 is 0.854 bits per heavy atom. The molecule has 1 atom stereocenters. The van der Waals surface area contributed by atoms with Crippen molar-refractivity contribution in [3.63, 3.8) is 0 Å². The summed E-state index contributed by atoms with van der Waals surface area (Å²) < 4.78 is 5.39. The van der Waals surface area contributed by atoms with E-state index in [0.29, 0.717) is 38.4 Å². The van der Waals surface area contributed by atoms with E-state index in [2.05, 4.69) is 51.5 Å². The summed E-state index contributed by atoms with van der Waals surface area (Å²) in [6.45, 7) is 6.18. The lowest BCUT2D eigenvalue weighted by molar-refractivity contribution is -0.137. The molecule has 0 bridgehead atoms. The second-order valence-corrected chi connectivity index (χ2v) is 12.9. The monoisotopic (exact) mass is 686 g/mol. The van der Waals surface area contributed by atoms with Crippen LogP contribution in [0.15, 0.2) is 83.6 Å². The van der Waals surface area contributed by atoms with E-state index in [1.54, 1.807) is 42.7 Å². The van der Waals surface area contributed by atoms with Crippen LogP contribution < -0.4 is 10.6 Å². The van der Waals surface area contributed by atoms with Crippen LogP contribution in [0.5, 0.6) is 0 Å². The van der Waals surface area contributed by atoms with E-state index < -0.39 is 23.8 Å². The summed E-state index contributed by atoms with van der Waals surface area (Å²) in [7, 11) is 0. The number of carboxylic acid groups (broad SMARTS) is 1. The first-order valence-corrected chi connectivity index (χ1v) is 15.7. The Morgan fingerprint density at radius 2 is 1.52 bits per heavy atom. The molecule has 5 aromatic rings. The molecule has 2 aromatic heterocycles. The van der Waals surface area contributed by atoms with E-state index in [4.69, 9.17) is 32.8 Å². The first kappa shape index (κ1) is 34.2. The molecule has 13 heteroatoms. The van der Waals surface area contributed by atoms with Crippen LogP contribution in [0.25, 0.3) is 34.2 Å². The molecule has 0 fully saturated rings. The van der Waals surface area contributed by atoms with Gasteiger partial charge in [-0.3, -0.25) is 14.4 Å². The van der Waals surface area contributed by atoms with Gasteiger partial charge < -0.3 is 20.3 Å². The largest absolute Gasteiger partial charge is 0.481 e. The summed E-state index contributed by atoms with van der Waals surface area (Å²) in [5.74, 6) is -0.911. The SMILES string of the molecule is CC(C)(C)c1ccc(C(=O)N[C@@H](Cc2ccc(-c3ncc(-c4nc(-c5ccc(Cl)c(Cl)c5)no4)cn3)cc2)C(=O)NCCC(=O)O)cc1. The molecule has 3 aromatic carbocycles. The highest BCUT2D eigenvalue weighted by Crippen LogP contribution is 2.29. The van der Waals surface area contributed by atoms with Crippen molar-refractivity contribution < 1.29 is 24.0 Å². The van der Waals surface area contributed by atoms with Gasteiger partial charge in [-0.1, -0.05) is 85.5 Å². The second kappa shape index (κ2) is 14.7. The number of hydrogen-bond donors (Lipinski definition) is 3. The number of rotatable bonds is 11. The van der Waals surface area contributed by atoms with Gasteiger partial charge in [0, 0.05) is 42.0 Å². The summed E-state index contributed by atoms with van der Waals surface area (Å²) >= 11 is 12.1. The molecule has 0 spiro atoms. The zero-order valence-electron chi connectivity index (χ0n) is 26.3. The summed E-state index contributed by atoms with van der Waals surface area (Å²) in [5, 5.41) is 19.2. The maximum atomic E-state index is 13.1. The molecule has 0 saturated carbocycles. The maximum absolute atomic E-state index is 13.1. The molecule has 246 valence electrons. The topological polar surface area (TPSA) is 160 Å². The predicted molar refractivity (Wildman–Crippen MR) is 182 cm³/mol. The lowest BCUT2D eigenvalue weighted by Gasteiger charge is -2.20. The van der Waals surface area contributed by atoms with Crippen molar-refractivity contribution in [2.75, 3.05) is 6.54 Å². The normalized spacial score (nSPS) is 11.9. The number of aliphatic carboxylic acids is 1. The van der Waals surface area contributed by atoms with E-state index in [1.807, 2.05) is 36.4 Å². The molecule has 11 nitrogen and oxygen atoms in total. The van der Waals surface area contributed by atoms with Crippen molar-refractivity contribution in [1.82, 2.24) is 30.7 Å². The molecular weight excluding hydrogens is 655 g/mol. The standard InChI is InChI=1S/C35H32Cl2N6O5/c1-35(2,3)25-11-8-22(9-12-25)32(46)41-28(33(47)38-15-14-29(44)45)16-20-4-6-21(7-5-20)30-39-18-24(19-40-30)34-42-31(43-48-34)23-10-13-26(36)27(37)17-23/h4-13,17-19,28H,14-16H2,1-3H3,(H,38,47)(H,41,46)(H,44,45)/t28-/m0/s1. The van der Waals surface area contributed by atoms with Gasteiger partial charge in [0.05, 0.1) is 22.0 Å². The number of amides is 2. The minimum Gasteiger partial charge on any atom is -0.481 e. The molecule has 2 amide bonds. The van der Waals surface area contributed by atoms with Gasteiger partial charge in [-0.2, -0.15) is 4.98 Å². The number of carbonyl (C=O) groups excluding carboxylic acids is 2. The van der Waals surface area contributed by atoms with Crippen LogP contribution in [0.3, 0.4) is 0 Å². The molecule has 2 heterocycles. The summed E-state index contributed by atoms with van der Waals surface area (Å²) in [6.07, 6.45) is 3.08. The van der Waals surface area contributed by atoms with Crippen molar-refractivity contribution in [2.24, 2.45) is 0 Å². The molecular formula is C35H32Cl2N6O5. The van der Waals surface area contributed by atoms with Crippen LogP contribution in [-0.2, 0) is 21.4 Å². The number of carboxylic acids is 1. The Hall–Kier alpha value is -5.13. The Labute approximate surface area is 286 Å². The zero-order chi connectivity index (χ0) is 34.4. The number of halogens is 2. The Morgan fingerprint density at radius 3 is 2.15 bits per heavy atom. The summed E-state index contributed by atoms with van der Waals surface area (Å²) in [6, 6.07) is 18.6. The molecule has 0 saturated heterocycles. The van der Waals surface area contributed by atoms with Crippen LogP contribution in [0, 0.1) is 0 Å². The van der Waals surface area contributed by atoms with Crippen molar-refractivity contribution in [3.8, 4) is 34.2 Å². The van der Waals surface area contributed by atoms with Gasteiger partial charge in [-0.25, -0.2) is 9.97 Å². The molecule has 3 N–H and O–H groups in total. The zero-order valence-corrected chi connectivity index (χ0v) is 27.8. The van der Waals surface area contributed by atoms with Crippen molar-refractivity contribution >= 4 is 41.0 Å². The van der Waals surface area contributed by atoms with E-state index in [1.165, 1.54) is 0 Å². The van der Waals surface area contributed by atoms with Crippen molar-refractivity contribution in [2.45, 2.75) is 45.1 Å². The van der Waals surface area contributed by atoms with Crippen LogP contribution in [0.4, 0.5) is 0 Å². The highest BCUT2D eigenvalue weighted by Gasteiger charge is 2.23. The van der Waals surface area contributed by atoms with E-state index in [-0.39, 0.29) is 30.7 Å². The van der Waals surface area contributed by atoms with Gasteiger partial charge in [0.2, 0.25) is 11.7 Å². The Bertz CT molecular complexity index is 1920. The first-order chi connectivity index (χ1) is 22.9. The second-order valence-electron chi connectivity index (χ2n) is 12.0. The third kappa shape index (κ3) is 8.61. The lowest BCUT2D eigenvalue weighted by Crippen LogP contribution is -2.48. The molecule has 5 rings (SSSR count).